The largest absolute Gasteiger partial charge is 0.494 e. The summed E-state index contributed by atoms with van der Waals surface area (Å²) in [7, 11) is 0. The van der Waals surface area contributed by atoms with Crippen molar-refractivity contribution in [2.45, 2.75) is 97.8 Å². The normalized spacial score (nSPS) is 11.5. The van der Waals surface area contributed by atoms with Crippen LogP contribution in [0, 0.1) is 11.3 Å². The summed E-state index contributed by atoms with van der Waals surface area (Å²) in [4.78, 5) is 16.0. The van der Waals surface area contributed by atoms with Gasteiger partial charge in [-0.15, -0.1) is 22.7 Å². The molecule has 0 spiro atoms. The van der Waals surface area contributed by atoms with Crippen LogP contribution in [0.1, 0.15) is 103 Å². The van der Waals surface area contributed by atoms with E-state index in [0.717, 1.165) is 138 Å². The smallest absolute Gasteiger partial charge is 0.346 e. The van der Waals surface area contributed by atoms with Crippen molar-refractivity contribution in [3.63, 3.8) is 0 Å². The number of para-hydroxylation sites is 2. The van der Waals surface area contributed by atoms with Gasteiger partial charge in [0, 0.05) is 26.8 Å². The van der Waals surface area contributed by atoms with Gasteiger partial charge in [0.1, 0.15) is 28.9 Å². The standard InChI is InChI=1S/C66H67N3O5S2/c1-4-7-10-15-40-72-56-36-26-49(27-37-56)47-20-30-53(31-21-47)68(54-32-22-48(23-33-54)50-28-38-57(39-29-50)73-41-16-11-8-5-2)55-34-24-51(25-35-55)63-45-61-65(76-63)64-60(44-58(75-64)43-52(46-67)66(70)71)69(61)59-18-13-14-19-62(59)74-42-17-12-9-6-3/h13-14,18-39,43-45H,4-12,15-17,40-42H2,1-3H3,(H,70,71)/b52-43-. The van der Waals surface area contributed by atoms with Crippen LogP contribution in [0.25, 0.3) is 64.9 Å². The number of hydrogen-bond donors (Lipinski definition) is 1. The molecule has 6 aromatic carbocycles. The second kappa shape index (κ2) is 26.3. The van der Waals surface area contributed by atoms with Crippen molar-refractivity contribution in [2.24, 2.45) is 0 Å². The zero-order chi connectivity index (χ0) is 52.6. The summed E-state index contributed by atoms with van der Waals surface area (Å²) in [5.74, 6) is 1.34. The Morgan fingerprint density at radius 1 is 0.539 bits per heavy atom. The number of carboxylic acid groups (broad SMARTS) is 1. The van der Waals surface area contributed by atoms with Gasteiger partial charge >= 0.3 is 5.97 Å². The highest BCUT2D eigenvalue weighted by molar-refractivity contribution is 7.29. The lowest BCUT2D eigenvalue weighted by molar-refractivity contribution is -0.132. The van der Waals surface area contributed by atoms with Crippen molar-refractivity contribution in [3.05, 3.63) is 168 Å². The minimum absolute atomic E-state index is 0.303. The summed E-state index contributed by atoms with van der Waals surface area (Å²) in [5.41, 5.74) is 11.3. The fourth-order valence-corrected chi connectivity index (χ4v) is 11.9. The molecule has 9 rings (SSSR count). The average Bonchev–Trinajstić information content (AvgIpc) is 4.19. The predicted molar refractivity (Wildman–Crippen MR) is 318 cm³/mol. The zero-order valence-electron chi connectivity index (χ0n) is 43.9. The summed E-state index contributed by atoms with van der Waals surface area (Å²) in [6.07, 6.45) is 15.3. The highest BCUT2D eigenvalue weighted by Gasteiger charge is 2.22. The first-order valence-electron chi connectivity index (χ1n) is 27.1. The molecule has 3 aromatic heterocycles. The number of benzene rings is 6. The summed E-state index contributed by atoms with van der Waals surface area (Å²) < 4.78 is 22.9. The van der Waals surface area contributed by atoms with E-state index in [1.807, 2.05) is 30.3 Å². The molecule has 76 heavy (non-hydrogen) atoms. The summed E-state index contributed by atoms with van der Waals surface area (Å²) in [6, 6.07) is 57.3. The Hall–Kier alpha value is -7.58. The quantitative estimate of drug-likeness (QED) is 0.0311. The molecular weight excluding hydrogens is 979 g/mol. The number of carboxylic acids is 1. The molecule has 0 unspecified atom stereocenters. The number of rotatable bonds is 27. The molecule has 0 atom stereocenters. The molecule has 0 aliphatic rings. The molecule has 3 heterocycles. The molecular formula is C66H67N3O5S2. The van der Waals surface area contributed by atoms with Crippen molar-refractivity contribution in [3.8, 4) is 61.7 Å². The van der Waals surface area contributed by atoms with E-state index in [2.05, 4.69) is 164 Å². The number of unbranched alkanes of at least 4 members (excludes halogenated alkanes) is 9. The fraction of sp³-hybridized carbons (Fsp3) is 0.273. The van der Waals surface area contributed by atoms with Crippen molar-refractivity contribution < 1.29 is 24.1 Å². The summed E-state index contributed by atoms with van der Waals surface area (Å²) in [6.45, 7) is 8.75. The number of carbonyl (C=O) groups is 1. The minimum Gasteiger partial charge on any atom is -0.494 e. The number of fused-ring (bicyclic) bond motifs is 3. The monoisotopic (exact) mass is 1050 g/mol. The van der Waals surface area contributed by atoms with Crippen molar-refractivity contribution in [1.29, 1.82) is 5.26 Å². The fourth-order valence-electron chi connectivity index (χ4n) is 9.55. The molecule has 1 N–H and O–H groups in total. The van der Waals surface area contributed by atoms with E-state index in [0.29, 0.717) is 11.5 Å². The molecule has 10 heteroatoms. The van der Waals surface area contributed by atoms with E-state index < -0.39 is 5.97 Å². The molecule has 0 aliphatic heterocycles. The van der Waals surface area contributed by atoms with Crippen molar-refractivity contribution in [1.82, 2.24) is 4.57 Å². The Morgan fingerprint density at radius 2 is 0.974 bits per heavy atom. The van der Waals surface area contributed by atoms with E-state index in [4.69, 9.17) is 14.2 Å². The maximum absolute atomic E-state index is 11.9. The first-order chi connectivity index (χ1) is 37.3. The van der Waals surface area contributed by atoms with Crippen LogP contribution in [-0.4, -0.2) is 35.5 Å². The van der Waals surface area contributed by atoms with Gasteiger partial charge in [0.25, 0.3) is 0 Å². The number of thiophene rings is 2. The molecule has 388 valence electrons. The maximum Gasteiger partial charge on any atom is 0.346 e. The molecule has 0 radical (unpaired) electrons. The van der Waals surface area contributed by atoms with Gasteiger partial charge in [0.2, 0.25) is 0 Å². The average molecular weight is 1050 g/mol. The first-order valence-corrected chi connectivity index (χ1v) is 28.7. The van der Waals surface area contributed by atoms with Crippen molar-refractivity contribution in [2.75, 3.05) is 24.7 Å². The Kier molecular flexibility index (Phi) is 18.4. The number of aliphatic carboxylic acids is 1. The number of ether oxygens (including phenoxy) is 3. The van der Waals surface area contributed by atoms with Gasteiger partial charge in [-0.25, -0.2) is 4.79 Å². The van der Waals surface area contributed by atoms with Gasteiger partial charge in [-0.1, -0.05) is 151 Å². The highest BCUT2D eigenvalue weighted by Crippen LogP contribution is 2.47. The lowest BCUT2D eigenvalue weighted by Crippen LogP contribution is -2.09. The van der Waals surface area contributed by atoms with E-state index in [1.165, 1.54) is 62.4 Å². The third kappa shape index (κ3) is 12.9. The number of nitriles is 1. The molecule has 0 bridgehead atoms. The van der Waals surface area contributed by atoms with Crippen LogP contribution in [0.15, 0.2) is 163 Å². The van der Waals surface area contributed by atoms with Crippen LogP contribution in [0.3, 0.4) is 0 Å². The first kappa shape index (κ1) is 53.3. The van der Waals surface area contributed by atoms with Gasteiger partial charge in [0.15, 0.2) is 0 Å². The minimum atomic E-state index is -1.25. The predicted octanol–water partition coefficient (Wildman–Crippen LogP) is 19.2. The molecule has 9 aromatic rings. The lowest BCUT2D eigenvalue weighted by Gasteiger charge is -2.26. The van der Waals surface area contributed by atoms with Gasteiger partial charge in [-0.2, -0.15) is 5.26 Å². The van der Waals surface area contributed by atoms with E-state index in [9.17, 15) is 15.2 Å². The van der Waals surface area contributed by atoms with Crippen LogP contribution in [0.2, 0.25) is 0 Å². The van der Waals surface area contributed by atoms with Gasteiger partial charge in [-0.3, -0.25) is 0 Å². The van der Waals surface area contributed by atoms with Gasteiger partial charge < -0.3 is 28.8 Å². The van der Waals surface area contributed by atoms with Gasteiger partial charge in [0.05, 0.1) is 45.9 Å². The third-order valence-corrected chi connectivity index (χ3v) is 16.1. The van der Waals surface area contributed by atoms with Crippen LogP contribution in [0.5, 0.6) is 17.2 Å². The maximum atomic E-state index is 11.9. The number of anilines is 3. The Morgan fingerprint density at radius 3 is 1.45 bits per heavy atom. The second-order valence-corrected chi connectivity index (χ2v) is 21.4. The lowest BCUT2D eigenvalue weighted by atomic mass is 10.0. The Labute approximate surface area is 456 Å². The summed E-state index contributed by atoms with van der Waals surface area (Å²) >= 11 is 3.21. The molecule has 0 saturated carbocycles. The number of hydrogen-bond acceptors (Lipinski definition) is 8. The van der Waals surface area contributed by atoms with Gasteiger partial charge in [-0.05, 0) is 138 Å². The highest BCUT2D eigenvalue weighted by atomic mass is 32.1. The zero-order valence-corrected chi connectivity index (χ0v) is 45.6. The van der Waals surface area contributed by atoms with Crippen molar-refractivity contribution >= 4 is 72.2 Å². The SMILES string of the molecule is CCCCCCOc1ccc(-c2ccc(N(c3ccc(-c4ccc(OCCCCCC)cc4)cc3)c3ccc(-c4cc5c(s4)c4sc(/C=C(/C#N)C(=O)O)cc4n5-c4ccccc4OCCCCCC)cc3)cc2)cc1. The van der Waals surface area contributed by atoms with E-state index >= 15 is 0 Å². The van der Waals surface area contributed by atoms with Crippen LogP contribution < -0.4 is 19.1 Å². The number of aromatic nitrogens is 1. The molecule has 0 fully saturated rings. The van der Waals surface area contributed by atoms with E-state index in [1.54, 1.807) is 11.3 Å². The molecule has 0 aliphatic carbocycles. The topological polar surface area (TPSA) is 97.0 Å². The molecule has 8 nitrogen and oxygen atoms in total. The summed E-state index contributed by atoms with van der Waals surface area (Å²) in [5, 5.41) is 19.4. The van der Waals surface area contributed by atoms with Crippen LogP contribution in [0.4, 0.5) is 17.1 Å². The number of nitrogens with zero attached hydrogens (tertiary/aromatic N) is 3. The second-order valence-electron chi connectivity index (χ2n) is 19.2. The molecule has 0 amide bonds. The van der Waals surface area contributed by atoms with E-state index in [-0.39, 0.29) is 5.57 Å². The molecule has 0 saturated heterocycles. The Balaban J connectivity index is 1.04. The third-order valence-electron chi connectivity index (χ3n) is 13.7. The Bertz CT molecular complexity index is 3280. The van der Waals surface area contributed by atoms with Crippen LogP contribution in [-0.2, 0) is 4.79 Å². The van der Waals surface area contributed by atoms with Crippen LogP contribution >= 0.6 is 22.7 Å².